The second-order valence-corrected chi connectivity index (χ2v) is 5.99. The number of rotatable bonds is 4. The molecule has 2 aromatic heterocycles. The molecule has 4 rings (SSSR count). The fourth-order valence-electron chi connectivity index (χ4n) is 2.68. The molecule has 0 saturated heterocycles. The van der Waals surface area contributed by atoms with Gasteiger partial charge in [-0.05, 0) is 44.2 Å². The molecule has 0 aliphatic carbocycles. The Morgan fingerprint density at radius 1 is 1.08 bits per heavy atom. The number of methoxy groups -OCH3 is 1. The molecular weight excluding hydrogens is 318 g/mol. The molecule has 0 unspecified atom stereocenters. The Kier molecular flexibility index (Phi) is 3.68. The van der Waals surface area contributed by atoms with Crippen molar-refractivity contribution in [3.05, 3.63) is 42.5 Å². The number of benzene rings is 2. The van der Waals surface area contributed by atoms with E-state index in [2.05, 4.69) is 34.3 Å². The number of nitrogens with zero attached hydrogens (tertiary/aromatic N) is 5. The van der Waals surface area contributed by atoms with Crippen LogP contribution in [0.3, 0.4) is 0 Å². The minimum Gasteiger partial charge on any atom is -0.497 e. The van der Waals surface area contributed by atoms with Gasteiger partial charge in [0.25, 0.3) is 5.89 Å². The summed E-state index contributed by atoms with van der Waals surface area (Å²) in [5.74, 6) is 1.70. The average molecular weight is 335 g/mol. The van der Waals surface area contributed by atoms with E-state index in [1.807, 2.05) is 47.1 Å². The number of hydrogen-bond acceptors (Lipinski definition) is 6. The van der Waals surface area contributed by atoms with Crippen LogP contribution in [-0.2, 0) is 0 Å². The first-order valence-electron chi connectivity index (χ1n) is 7.99. The lowest BCUT2D eigenvalue weighted by Gasteiger charge is -2.04. The zero-order chi connectivity index (χ0) is 17.4. The van der Waals surface area contributed by atoms with Crippen LogP contribution in [0.15, 0.2) is 47.0 Å². The maximum Gasteiger partial charge on any atom is 0.258 e. The number of hydrogen-bond donors (Lipinski definition) is 0. The molecule has 0 bridgehead atoms. The van der Waals surface area contributed by atoms with Crippen molar-refractivity contribution in [3.8, 4) is 28.6 Å². The van der Waals surface area contributed by atoms with Gasteiger partial charge in [0.05, 0.1) is 12.6 Å². The second-order valence-electron chi connectivity index (χ2n) is 5.99. The third-order valence-electron chi connectivity index (χ3n) is 3.96. The van der Waals surface area contributed by atoms with E-state index in [9.17, 15) is 0 Å². The normalized spacial score (nSPS) is 11.4. The fraction of sp³-hybridized carbons (Fsp3) is 0.222. The first-order chi connectivity index (χ1) is 12.2. The lowest BCUT2D eigenvalue weighted by atomic mass is 10.2. The van der Waals surface area contributed by atoms with E-state index in [0.717, 1.165) is 27.9 Å². The fourth-order valence-corrected chi connectivity index (χ4v) is 2.68. The third-order valence-corrected chi connectivity index (χ3v) is 3.96. The second kappa shape index (κ2) is 6.01. The molecule has 2 aromatic carbocycles. The third kappa shape index (κ3) is 2.73. The van der Waals surface area contributed by atoms with Gasteiger partial charge >= 0.3 is 0 Å². The molecule has 0 amide bonds. The van der Waals surface area contributed by atoms with E-state index in [0.29, 0.717) is 11.7 Å². The van der Waals surface area contributed by atoms with Crippen molar-refractivity contribution in [2.24, 2.45) is 0 Å². The summed E-state index contributed by atoms with van der Waals surface area (Å²) in [6, 6.07) is 13.6. The van der Waals surface area contributed by atoms with Crippen molar-refractivity contribution >= 4 is 11.0 Å². The molecule has 0 aliphatic heterocycles. The number of aromatic nitrogens is 5. The Labute approximate surface area is 144 Å². The Morgan fingerprint density at radius 2 is 1.96 bits per heavy atom. The lowest BCUT2D eigenvalue weighted by molar-refractivity contribution is 0.414. The summed E-state index contributed by atoms with van der Waals surface area (Å²) in [5.41, 5.74) is 3.42. The molecule has 0 aliphatic rings. The lowest BCUT2D eigenvalue weighted by Crippen LogP contribution is -2.02. The first-order valence-corrected chi connectivity index (χ1v) is 7.99. The summed E-state index contributed by atoms with van der Waals surface area (Å²) in [4.78, 5) is 4.49. The molecule has 0 saturated carbocycles. The smallest absolute Gasteiger partial charge is 0.258 e. The van der Waals surface area contributed by atoms with Crippen LogP contribution in [0, 0.1) is 0 Å². The molecule has 0 fully saturated rings. The Hall–Kier alpha value is -3.22. The van der Waals surface area contributed by atoms with Crippen LogP contribution in [0.4, 0.5) is 0 Å². The minimum absolute atomic E-state index is 0.249. The maximum absolute atomic E-state index is 5.42. The Bertz CT molecular complexity index is 1030. The predicted molar refractivity (Wildman–Crippen MR) is 93.2 cm³/mol. The number of ether oxygens (including phenoxy) is 1. The molecule has 126 valence electrons. The van der Waals surface area contributed by atoms with Crippen LogP contribution in [0.25, 0.3) is 33.9 Å². The predicted octanol–water partition coefficient (Wildman–Crippen LogP) is 3.74. The highest BCUT2D eigenvalue weighted by Crippen LogP contribution is 2.27. The maximum atomic E-state index is 5.42. The van der Waals surface area contributed by atoms with Gasteiger partial charge in [-0.25, -0.2) is 4.68 Å². The highest BCUT2D eigenvalue weighted by molar-refractivity contribution is 5.80. The highest BCUT2D eigenvalue weighted by Gasteiger charge is 2.14. The molecule has 25 heavy (non-hydrogen) atoms. The highest BCUT2D eigenvalue weighted by atomic mass is 16.5. The zero-order valence-electron chi connectivity index (χ0n) is 14.2. The summed E-state index contributed by atoms with van der Waals surface area (Å²) in [6.45, 7) is 4.14. The molecule has 7 nitrogen and oxygen atoms in total. The largest absolute Gasteiger partial charge is 0.497 e. The van der Waals surface area contributed by atoms with E-state index < -0.39 is 0 Å². The van der Waals surface area contributed by atoms with E-state index in [1.54, 1.807) is 7.11 Å². The van der Waals surface area contributed by atoms with Crippen LogP contribution in [0.5, 0.6) is 5.75 Å². The number of fused-ring (bicyclic) bond motifs is 1. The van der Waals surface area contributed by atoms with Crippen molar-refractivity contribution in [2.75, 3.05) is 7.11 Å². The van der Waals surface area contributed by atoms with Crippen molar-refractivity contribution < 1.29 is 9.26 Å². The topological polar surface area (TPSA) is 78.9 Å². The molecule has 7 heteroatoms. The van der Waals surface area contributed by atoms with Gasteiger partial charge in [-0.2, -0.15) is 4.98 Å². The van der Waals surface area contributed by atoms with Crippen LogP contribution in [0.1, 0.15) is 19.9 Å². The Morgan fingerprint density at radius 3 is 2.76 bits per heavy atom. The summed E-state index contributed by atoms with van der Waals surface area (Å²) in [7, 11) is 1.63. The van der Waals surface area contributed by atoms with Crippen molar-refractivity contribution in [3.63, 3.8) is 0 Å². The summed E-state index contributed by atoms with van der Waals surface area (Å²) >= 11 is 0. The van der Waals surface area contributed by atoms with E-state index >= 15 is 0 Å². The average Bonchev–Trinajstić information content (AvgIpc) is 3.28. The van der Waals surface area contributed by atoms with Crippen LogP contribution in [0.2, 0.25) is 0 Å². The summed E-state index contributed by atoms with van der Waals surface area (Å²) < 4.78 is 12.5. The zero-order valence-corrected chi connectivity index (χ0v) is 14.2. The Balaban J connectivity index is 1.71. The first kappa shape index (κ1) is 15.3. The van der Waals surface area contributed by atoms with Gasteiger partial charge in [-0.1, -0.05) is 22.5 Å². The van der Waals surface area contributed by atoms with Gasteiger partial charge in [0.1, 0.15) is 11.3 Å². The summed E-state index contributed by atoms with van der Waals surface area (Å²) in [5, 5.41) is 12.5. The molecular formula is C18H17N5O2. The molecule has 0 N–H and O–H groups in total. The molecule has 0 atom stereocenters. The van der Waals surface area contributed by atoms with Gasteiger partial charge in [-0.3, -0.25) is 0 Å². The molecule has 2 heterocycles. The van der Waals surface area contributed by atoms with Crippen LogP contribution >= 0.6 is 0 Å². The monoisotopic (exact) mass is 335 g/mol. The van der Waals surface area contributed by atoms with E-state index in [4.69, 9.17) is 9.26 Å². The van der Waals surface area contributed by atoms with Gasteiger partial charge in [0, 0.05) is 17.2 Å². The van der Waals surface area contributed by atoms with Crippen molar-refractivity contribution in [1.29, 1.82) is 0 Å². The van der Waals surface area contributed by atoms with E-state index in [-0.39, 0.29) is 6.04 Å². The minimum atomic E-state index is 0.249. The van der Waals surface area contributed by atoms with Gasteiger partial charge < -0.3 is 9.26 Å². The van der Waals surface area contributed by atoms with Crippen molar-refractivity contribution in [1.82, 2.24) is 25.1 Å². The van der Waals surface area contributed by atoms with Crippen LogP contribution < -0.4 is 4.74 Å². The van der Waals surface area contributed by atoms with Gasteiger partial charge in [0.2, 0.25) is 5.82 Å². The van der Waals surface area contributed by atoms with E-state index in [1.165, 1.54) is 0 Å². The van der Waals surface area contributed by atoms with Gasteiger partial charge in [-0.15, -0.1) is 5.10 Å². The molecule has 0 spiro atoms. The standard InChI is InChI=1S/C18H17N5O2/c1-11(2)23-16-8-7-13(10-15(16)20-22-23)18-19-17(21-25-18)12-5-4-6-14(9-12)24-3/h4-11H,1-3H3. The van der Waals surface area contributed by atoms with Crippen LogP contribution in [-0.4, -0.2) is 32.2 Å². The van der Waals surface area contributed by atoms with Gasteiger partial charge in [0.15, 0.2) is 0 Å². The molecule has 0 radical (unpaired) electrons. The molecule has 4 aromatic rings. The SMILES string of the molecule is COc1cccc(-c2noc(-c3ccc4c(c3)nnn4C(C)C)n2)c1. The van der Waals surface area contributed by atoms with Crippen molar-refractivity contribution in [2.45, 2.75) is 19.9 Å². The summed E-state index contributed by atoms with van der Waals surface area (Å²) in [6.07, 6.45) is 0. The quantitative estimate of drug-likeness (QED) is 0.565.